The minimum atomic E-state index is -4.49. The molecule has 1 heterocycles. The summed E-state index contributed by atoms with van der Waals surface area (Å²) in [6.45, 7) is 0. The third-order valence-corrected chi connectivity index (χ3v) is 2.55. The highest BCUT2D eigenvalue weighted by molar-refractivity contribution is 7.85. The molecule has 2 rings (SSSR count). The van der Waals surface area contributed by atoms with Gasteiger partial charge in [-0.3, -0.25) is 5.10 Å². The van der Waals surface area contributed by atoms with Crippen LogP contribution < -0.4 is 0 Å². The molecular formula is C8H7FN2O2S. The van der Waals surface area contributed by atoms with Gasteiger partial charge in [-0.15, -0.1) is 3.89 Å². The van der Waals surface area contributed by atoms with E-state index in [4.69, 9.17) is 0 Å². The molecular weight excluding hydrogens is 207 g/mol. The summed E-state index contributed by atoms with van der Waals surface area (Å²) in [5.41, 5.74) is 0.955. The highest BCUT2D eigenvalue weighted by atomic mass is 32.3. The van der Waals surface area contributed by atoms with Crippen LogP contribution in [0.15, 0.2) is 24.4 Å². The van der Waals surface area contributed by atoms with Gasteiger partial charge < -0.3 is 0 Å². The molecule has 2 aromatic rings. The standard InChI is InChI=1S/C8H7FN2O2S/c9-14(12,13)5-7-3-1-2-6-4-10-11-8(6)7/h1-4H,5H2,(H,10,11). The Hall–Kier alpha value is -1.43. The van der Waals surface area contributed by atoms with E-state index in [1.807, 2.05) is 0 Å². The molecule has 1 aromatic carbocycles. The Morgan fingerprint density at radius 2 is 2.21 bits per heavy atom. The molecule has 0 bridgehead atoms. The van der Waals surface area contributed by atoms with Gasteiger partial charge in [0.2, 0.25) is 0 Å². The monoisotopic (exact) mass is 214 g/mol. The summed E-state index contributed by atoms with van der Waals surface area (Å²) >= 11 is 0. The molecule has 0 aliphatic rings. The Balaban J connectivity index is 2.57. The second kappa shape index (κ2) is 3.06. The highest BCUT2D eigenvalue weighted by Gasteiger charge is 2.12. The number of fused-ring (bicyclic) bond motifs is 1. The van der Waals surface area contributed by atoms with E-state index in [-0.39, 0.29) is 0 Å². The van der Waals surface area contributed by atoms with Crippen molar-refractivity contribution in [3.8, 4) is 0 Å². The number of hydrogen-bond donors (Lipinski definition) is 1. The lowest BCUT2D eigenvalue weighted by Crippen LogP contribution is -1.96. The van der Waals surface area contributed by atoms with Crippen molar-refractivity contribution in [2.75, 3.05) is 0 Å². The van der Waals surface area contributed by atoms with Crippen molar-refractivity contribution in [1.29, 1.82) is 0 Å². The van der Waals surface area contributed by atoms with Gasteiger partial charge >= 0.3 is 10.2 Å². The smallest absolute Gasteiger partial charge is 0.278 e. The van der Waals surface area contributed by atoms with Crippen molar-refractivity contribution in [1.82, 2.24) is 10.2 Å². The zero-order valence-electron chi connectivity index (χ0n) is 7.07. The van der Waals surface area contributed by atoms with E-state index in [1.165, 1.54) is 0 Å². The molecule has 4 nitrogen and oxygen atoms in total. The number of nitrogens with one attached hydrogen (secondary N) is 1. The average molecular weight is 214 g/mol. The molecule has 74 valence electrons. The van der Waals surface area contributed by atoms with Crippen LogP contribution in [-0.2, 0) is 16.0 Å². The Bertz CT molecular complexity index is 561. The van der Waals surface area contributed by atoms with E-state index in [0.29, 0.717) is 11.1 Å². The van der Waals surface area contributed by atoms with E-state index in [2.05, 4.69) is 10.2 Å². The van der Waals surface area contributed by atoms with Crippen molar-refractivity contribution in [2.45, 2.75) is 5.75 Å². The molecule has 0 radical (unpaired) electrons. The quantitative estimate of drug-likeness (QED) is 0.768. The van der Waals surface area contributed by atoms with Crippen LogP contribution >= 0.6 is 0 Å². The predicted octanol–water partition coefficient (Wildman–Crippen LogP) is 1.36. The predicted molar refractivity (Wildman–Crippen MR) is 49.8 cm³/mol. The number of hydrogen-bond acceptors (Lipinski definition) is 3. The summed E-state index contributed by atoms with van der Waals surface area (Å²) in [6.07, 6.45) is 1.56. The maximum Gasteiger partial charge on any atom is 0.306 e. The van der Waals surface area contributed by atoms with Crippen LogP contribution in [0.25, 0.3) is 10.9 Å². The summed E-state index contributed by atoms with van der Waals surface area (Å²) in [6, 6.07) is 4.99. The average Bonchev–Trinajstić information content (AvgIpc) is 2.49. The van der Waals surface area contributed by atoms with Crippen molar-refractivity contribution >= 4 is 21.1 Å². The third kappa shape index (κ3) is 1.74. The number of rotatable bonds is 2. The summed E-state index contributed by atoms with van der Waals surface area (Å²) in [5, 5.41) is 7.15. The number of nitrogens with zero attached hydrogens (tertiary/aromatic N) is 1. The summed E-state index contributed by atoms with van der Waals surface area (Å²) in [5.74, 6) is -0.619. The fraction of sp³-hybridized carbons (Fsp3) is 0.125. The lowest BCUT2D eigenvalue weighted by atomic mass is 10.2. The van der Waals surface area contributed by atoms with E-state index in [0.717, 1.165) is 5.39 Å². The van der Waals surface area contributed by atoms with Crippen LogP contribution in [0.5, 0.6) is 0 Å². The van der Waals surface area contributed by atoms with Crippen LogP contribution in [-0.4, -0.2) is 18.6 Å². The minimum absolute atomic E-state index is 0.391. The molecule has 1 N–H and O–H groups in total. The van der Waals surface area contributed by atoms with E-state index < -0.39 is 16.0 Å². The lowest BCUT2D eigenvalue weighted by Gasteiger charge is -1.98. The van der Waals surface area contributed by atoms with Crippen molar-refractivity contribution in [2.24, 2.45) is 0 Å². The summed E-state index contributed by atoms with van der Waals surface area (Å²) in [4.78, 5) is 0. The van der Waals surface area contributed by atoms with Crippen LogP contribution in [0.3, 0.4) is 0 Å². The minimum Gasteiger partial charge on any atom is -0.278 e. The van der Waals surface area contributed by atoms with Crippen LogP contribution in [0.1, 0.15) is 5.56 Å². The topological polar surface area (TPSA) is 62.8 Å². The van der Waals surface area contributed by atoms with Crippen molar-refractivity contribution in [3.63, 3.8) is 0 Å². The zero-order chi connectivity index (χ0) is 10.2. The molecule has 0 saturated carbocycles. The SMILES string of the molecule is O=S(=O)(F)Cc1cccc2cn[nH]c12. The number of H-pyrrole nitrogens is 1. The van der Waals surface area contributed by atoms with Crippen LogP contribution in [0, 0.1) is 0 Å². The van der Waals surface area contributed by atoms with E-state index in [9.17, 15) is 12.3 Å². The molecule has 0 amide bonds. The first-order chi connectivity index (χ1) is 6.56. The number of aromatic nitrogens is 2. The zero-order valence-corrected chi connectivity index (χ0v) is 7.88. The van der Waals surface area contributed by atoms with Gasteiger partial charge in [-0.25, -0.2) is 0 Å². The molecule has 0 fully saturated rings. The summed E-state index contributed by atoms with van der Waals surface area (Å²) in [7, 11) is -4.49. The number of benzene rings is 1. The molecule has 0 unspecified atom stereocenters. The number of halogens is 1. The van der Waals surface area contributed by atoms with Gasteiger partial charge in [0, 0.05) is 5.39 Å². The molecule has 0 atom stereocenters. The molecule has 0 saturated heterocycles. The van der Waals surface area contributed by atoms with Gasteiger partial charge in [0.15, 0.2) is 0 Å². The Labute approximate surface area is 80.0 Å². The van der Waals surface area contributed by atoms with Crippen LogP contribution in [0.2, 0.25) is 0 Å². The summed E-state index contributed by atoms with van der Waals surface area (Å²) < 4.78 is 33.4. The largest absolute Gasteiger partial charge is 0.306 e. The lowest BCUT2D eigenvalue weighted by molar-refractivity contribution is 0.551. The Morgan fingerprint density at radius 3 is 2.93 bits per heavy atom. The molecule has 0 aliphatic heterocycles. The number of para-hydroxylation sites is 1. The van der Waals surface area contributed by atoms with Gasteiger partial charge in [0.25, 0.3) is 0 Å². The second-order valence-electron chi connectivity index (χ2n) is 2.93. The molecule has 14 heavy (non-hydrogen) atoms. The van der Waals surface area contributed by atoms with Crippen LogP contribution in [0.4, 0.5) is 3.89 Å². The van der Waals surface area contributed by atoms with Crippen molar-refractivity contribution in [3.05, 3.63) is 30.0 Å². The van der Waals surface area contributed by atoms with E-state index in [1.54, 1.807) is 24.4 Å². The molecule has 6 heteroatoms. The number of aromatic amines is 1. The van der Waals surface area contributed by atoms with Gasteiger partial charge in [-0.05, 0) is 5.56 Å². The Morgan fingerprint density at radius 1 is 1.43 bits per heavy atom. The van der Waals surface area contributed by atoms with Gasteiger partial charge in [-0.2, -0.15) is 13.5 Å². The molecule has 0 aliphatic carbocycles. The molecule has 0 spiro atoms. The first-order valence-corrected chi connectivity index (χ1v) is 5.45. The first-order valence-electron chi connectivity index (χ1n) is 3.89. The second-order valence-corrected chi connectivity index (χ2v) is 4.30. The molecule has 1 aromatic heterocycles. The van der Waals surface area contributed by atoms with Crippen molar-refractivity contribution < 1.29 is 12.3 Å². The Kier molecular flexibility index (Phi) is 1.99. The third-order valence-electron chi connectivity index (χ3n) is 1.89. The maximum absolute atomic E-state index is 12.4. The normalized spacial score (nSPS) is 12.1. The van der Waals surface area contributed by atoms with Gasteiger partial charge in [0.05, 0.1) is 11.7 Å². The fourth-order valence-electron chi connectivity index (χ4n) is 1.34. The maximum atomic E-state index is 12.4. The highest BCUT2D eigenvalue weighted by Crippen LogP contribution is 2.18. The first kappa shape index (κ1) is 9.14. The fourth-order valence-corrected chi connectivity index (χ4v) is 1.95. The van der Waals surface area contributed by atoms with E-state index >= 15 is 0 Å². The van der Waals surface area contributed by atoms with Gasteiger partial charge in [-0.1, -0.05) is 18.2 Å². The van der Waals surface area contributed by atoms with Gasteiger partial charge in [0.1, 0.15) is 5.75 Å².